The van der Waals surface area contributed by atoms with Gasteiger partial charge < -0.3 is 5.32 Å². The predicted molar refractivity (Wildman–Crippen MR) is 85.4 cm³/mol. The van der Waals surface area contributed by atoms with Gasteiger partial charge in [0.2, 0.25) is 4.77 Å². The summed E-state index contributed by atoms with van der Waals surface area (Å²) in [6.07, 6.45) is 3.42. The van der Waals surface area contributed by atoms with Gasteiger partial charge in [0.1, 0.15) is 5.69 Å². The van der Waals surface area contributed by atoms with E-state index in [0.29, 0.717) is 27.9 Å². The Balaban J connectivity index is 2.35. The first-order valence-corrected chi connectivity index (χ1v) is 6.68. The molecule has 8 heteroatoms. The number of hydrogen-bond donors (Lipinski definition) is 2. The van der Waals surface area contributed by atoms with E-state index >= 15 is 0 Å². The third kappa shape index (κ3) is 3.09. The maximum absolute atomic E-state index is 5.31. The molecule has 0 aromatic carbocycles. The summed E-state index contributed by atoms with van der Waals surface area (Å²) in [6, 6.07) is 5.59. The zero-order chi connectivity index (χ0) is 14.5. The van der Waals surface area contributed by atoms with Gasteiger partial charge >= 0.3 is 0 Å². The highest BCUT2D eigenvalue weighted by molar-refractivity contribution is 7.80. The normalized spacial score (nSPS) is 10.1. The maximum Gasteiger partial charge on any atom is 0.217 e. The average Bonchev–Trinajstić information content (AvgIpc) is 2.74. The largest absolute Gasteiger partial charge is 0.358 e. The van der Waals surface area contributed by atoms with Crippen molar-refractivity contribution in [3.05, 3.63) is 41.8 Å². The van der Waals surface area contributed by atoms with Crippen LogP contribution in [-0.2, 0) is 7.05 Å². The van der Waals surface area contributed by atoms with Gasteiger partial charge in [-0.2, -0.15) is 0 Å². The number of aromatic nitrogens is 4. The lowest BCUT2D eigenvalue weighted by Crippen LogP contribution is -2.34. The minimum Gasteiger partial charge on any atom is -0.358 e. The third-order valence-electron chi connectivity index (χ3n) is 2.44. The summed E-state index contributed by atoms with van der Waals surface area (Å²) in [7, 11) is 1.77. The minimum absolute atomic E-state index is 0.436. The second-order valence-electron chi connectivity index (χ2n) is 3.89. The minimum atomic E-state index is 0.436. The monoisotopic (exact) mass is 306 g/mol. The Morgan fingerprint density at radius 1 is 1.50 bits per heavy atom. The van der Waals surface area contributed by atoms with Crippen molar-refractivity contribution in [2.75, 3.05) is 12.0 Å². The van der Waals surface area contributed by atoms with Gasteiger partial charge in [-0.1, -0.05) is 12.1 Å². The van der Waals surface area contributed by atoms with Gasteiger partial charge in [0.05, 0.1) is 0 Å². The van der Waals surface area contributed by atoms with Gasteiger partial charge in [-0.25, -0.2) is 9.36 Å². The van der Waals surface area contributed by atoms with Gasteiger partial charge in [-0.05, 0) is 36.6 Å². The molecule has 0 saturated carbocycles. The molecule has 104 valence electrons. The molecule has 0 saturated heterocycles. The van der Waals surface area contributed by atoms with Crippen molar-refractivity contribution in [3.63, 3.8) is 0 Å². The number of rotatable bonds is 4. The lowest BCUT2D eigenvalue weighted by Gasteiger charge is -2.11. The fourth-order valence-electron chi connectivity index (χ4n) is 1.53. The number of pyridine rings is 1. The molecule has 2 rings (SSSR count). The average molecular weight is 306 g/mol. The number of nitrogens with one attached hydrogen (secondary N) is 2. The molecule has 0 spiro atoms. The van der Waals surface area contributed by atoms with E-state index in [1.165, 1.54) is 0 Å². The standard InChI is InChI=1S/C12H14N6S2/c1-3-7-14-11(19)16-18-10(15-17(2)12(18)20)9-6-4-5-8-13-9/h3-6,8H,1,7H2,2H3,(H2,14,16,19). The first-order chi connectivity index (χ1) is 9.63. The van der Waals surface area contributed by atoms with Gasteiger partial charge in [0.15, 0.2) is 10.9 Å². The second kappa shape index (κ2) is 6.40. The number of nitrogens with zero attached hydrogens (tertiary/aromatic N) is 4. The zero-order valence-corrected chi connectivity index (χ0v) is 12.5. The molecule has 6 nitrogen and oxygen atoms in total. The van der Waals surface area contributed by atoms with Crippen LogP contribution >= 0.6 is 24.4 Å². The summed E-state index contributed by atoms with van der Waals surface area (Å²) in [6.45, 7) is 4.19. The van der Waals surface area contributed by atoms with Crippen molar-refractivity contribution >= 4 is 29.5 Å². The summed E-state index contributed by atoms with van der Waals surface area (Å²) in [5.41, 5.74) is 3.70. The van der Waals surface area contributed by atoms with Gasteiger partial charge in [0, 0.05) is 19.8 Å². The Bertz CT molecular complexity index is 673. The smallest absolute Gasteiger partial charge is 0.217 e. The van der Waals surface area contributed by atoms with E-state index in [4.69, 9.17) is 24.4 Å². The highest BCUT2D eigenvalue weighted by Crippen LogP contribution is 2.13. The van der Waals surface area contributed by atoms with Crippen LogP contribution in [0, 0.1) is 4.77 Å². The Morgan fingerprint density at radius 2 is 2.30 bits per heavy atom. The molecule has 0 bridgehead atoms. The lowest BCUT2D eigenvalue weighted by atomic mass is 10.3. The van der Waals surface area contributed by atoms with Gasteiger partial charge in [-0.15, -0.1) is 11.7 Å². The van der Waals surface area contributed by atoms with E-state index in [0.717, 1.165) is 0 Å². The molecule has 0 aliphatic rings. The van der Waals surface area contributed by atoms with E-state index in [2.05, 4.69) is 27.4 Å². The summed E-state index contributed by atoms with van der Waals surface area (Å²) in [4.78, 5) is 4.27. The van der Waals surface area contributed by atoms with Crippen molar-refractivity contribution in [2.24, 2.45) is 7.05 Å². The molecular formula is C12H14N6S2. The molecule has 0 aliphatic heterocycles. The maximum atomic E-state index is 5.31. The number of thiocarbonyl (C=S) groups is 1. The SMILES string of the molecule is C=CCNC(=S)Nn1c(-c2ccccn2)nn(C)c1=S. The van der Waals surface area contributed by atoms with E-state index in [1.54, 1.807) is 28.7 Å². The fourth-order valence-corrected chi connectivity index (χ4v) is 1.88. The predicted octanol–water partition coefficient (Wildman–Crippen LogP) is 1.62. The third-order valence-corrected chi connectivity index (χ3v) is 3.12. The van der Waals surface area contributed by atoms with Crippen LogP contribution in [0.5, 0.6) is 0 Å². The Hall–Kier alpha value is -2.06. The summed E-state index contributed by atoms with van der Waals surface area (Å²) in [5.74, 6) is 0.598. The summed E-state index contributed by atoms with van der Waals surface area (Å²) >= 11 is 10.5. The molecule has 0 amide bonds. The van der Waals surface area contributed by atoms with E-state index < -0.39 is 0 Å². The van der Waals surface area contributed by atoms with Gasteiger partial charge in [-0.3, -0.25) is 10.4 Å². The number of hydrogen-bond acceptors (Lipinski definition) is 4. The summed E-state index contributed by atoms with van der Waals surface area (Å²) < 4.78 is 3.70. The first-order valence-electron chi connectivity index (χ1n) is 5.86. The van der Waals surface area contributed by atoms with Crippen molar-refractivity contribution in [2.45, 2.75) is 0 Å². The molecular weight excluding hydrogens is 292 g/mol. The molecule has 2 aromatic rings. The zero-order valence-electron chi connectivity index (χ0n) is 10.9. The van der Waals surface area contributed by atoms with Gasteiger partial charge in [0.25, 0.3) is 0 Å². The van der Waals surface area contributed by atoms with E-state index in [-0.39, 0.29) is 0 Å². The summed E-state index contributed by atoms with van der Waals surface area (Å²) in [5, 5.41) is 7.77. The highest BCUT2D eigenvalue weighted by Gasteiger charge is 2.12. The van der Waals surface area contributed by atoms with Crippen molar-refractivity contribution in [1.29, 1.82) is 0 Å². The van der Waals surface area contributed by atoms with Crippen LogP contribution < -0.4 is 10.7 Å². The quantitative estimate of drug-likeness (QED) is 0.661. The van der Waals surface area contributed by atoms with Crippen LogP contribution in [0.1, 0.15) is 0 Å². The molecule has 0 unspecified atom stereocenters. The molecule has 20 heavy (non-hydrogen) atoms. The van der Waals surface area contributed by atoms with E-state index in [1.807, 2.05) is 18.2 Å². The first kappa shape index (κ1) is 14.4. The van der Waals surface area contributed by atoms with Crippen molar-refractivity contribution in [1.82, 2.24) is 24.8 Å². The highest BCUT2D eigenvalue weighted by atomic mass is 32.1. The molecule has 2 aromatic heterocycles. The van der Waals surface area contributed by atoms with Crippen molar-refractivity contribution < 1.29 is 0 Å². The van der Waals surface area contributed by atoms with Crippen LogP contribution in [0.2, 0.25) is 0 Å². The van der Waals surface area contributed by atoms with E-state index in [9.17, 15) is 0 Å². The van der Waals surface area contributed by atoms with Crippen LogP contribution in [-0.4, -0.2) is 31.1 Å². The Labute approximate surface area is 127 Å². The Morgan fingerprint density at radius 3 is 2.95 bits per heavy atom. The molecule has 2 N–H and O–H groups in total. The van der Waals surface area contributed by atoms with Crippen molar-refractivity contribution in [3.8, 4) is 11.5 Å². The molecule has 0 atom stereocenters. The van der Waals surface area contributed by atoms with Crippen LogP contribution in [0.4, 0.5) is 0 Å². The van der Waals surface area contributed by atoms with Crippen LogP contribution in [0.25, 0.3) is 11.5 Å². The molecule has 2 heterocycles. The topological polar surface area (TPSA) is 59.7 Å². The fraction of sp³-hybridized carbons (Fsp3) is 0.167. The Kier molecular flexibility index (Phi) is 4.59. The number of aryl methyl sites for hydroxylation is 1. The van der Waals surface area contributed by atoms with Crippen LogP contribution in [0.3, 0.4) is 0 Å². The molecule has 0 fully saturated rings. The lowest BCUT2D eigenvalue weighted by molar-refractivity contribution is 0.745. The molecule has 0 aliphatic carbocycles. The van der Waals surface area contributed by atoms with Crippen LogP contribution in [0.15, 0.2) is 37.1 Å². The molecule has 0 radical (unpaired) electrons. The second-order valence-corrected chi connectivity index (χ2v) is 4.66.